The molecule has 140 valence electrons. The first-order valence-corrected chi connectivity index (χ1v) is 9.62. The SMILES string of the molecule is O=C(CCCCCn1c(=O)[nH]c2ccccc2c1=O)Nc1ccccc1Br. The summed E-state index contributed by atoms with van der Waals surface area (Å²) in [6.07, 6.45) is 2.49. The summed E-state index contributed by atoms with van der Waals surface area (Å²) >= 11 is 3.39. The van der Waals surface area contributed by atoms with E-state index < -0.39 is 5.69 Å². The molecule has 0 saturated heterocycles. The molecule has 3 aromatic rings. The van der Waals surface area contributed by atoms with Gasteiger partial charge in [0.15, 0.2) is 0 Å². The molecule has 1 aromatic heterocycles. The third kappa shape index (κ3) is 4.74. The number of H-pyrrole nitrogens is 1. The quantitative estimate of drug-likeness (QED) is 0.562. The van der Waals surface area contributed by atoms with E-state index in [0.717, 1.165) is 16.6 Å². The topological polar surface area (TPSA) is 84.0 Å². The molecule has 2 aromatic carbocycles. The number of halogens is 1. The van der Waals surface area contributed by atoms with Gasteiger partial charge in [-0.2, -0.15) is 0 Å². The molecular formula is C20H20BrN3O3. The molecule has 2 N–H and O–H groups in total. The van der Waals surface area contributed by atoms with Crippen molar-refractivity contribution in [3.8, 4) is 0 Å². The van der Waals surface area contributed by atoms with Gasteiger partial charge in [0.1, 0.15) is 0 Å². The highest BCUT2D eigenvalue weighted by molar-refractivity contribution is 9.10. The first kappa shape index (κ1) is 19.1. The monoisotopic (exact) mass is 429 g/mol. The van der Waals surface area contributed by atoms with Gasteiger partial charge in [-0.15, -0.1) is 0 Å². The van der Waals surface area contributed by atoms with Crippen LogP contribution in [-0.2, 0) is 11.3 Å². The number of aromatic nitrogens is 2. The lowest BCUT2D eigenvalue weighted by atomic mass is 10.2. The van der Waals surface area contributed by atoms with Gasteiger partial charge < -0.3 is 10.3 Å². The van der Waals surface area contributed by atoms with E-state index in [1.807, 2.05) is 24.3 Å². The molecule has 0 aliphatic carbocycles. The number of carbonyl (C=O) groups excluding carboxylic acids is 1. The number of rotatable bonds is 7. The maximum absolute atomic E-state index is 12.4. The number of carbonyl (C=O) groups is 1. The van der Waals surface area contributed by atoms with Crippen molar-refractivity contribution in [2.24, 2.45) is 0 Å². The molecule has 0 unspecified atom stereocenters. The van der Waals surface area contributed by atoms with Crippen LogP contribution in [0.25, 0.3) is 10.9 Å². The fraction of sp³-hybridized carbons (Fsp3) is 0.250. The van der Waals surface area contributed by atoms with Gasteiger partial charge in [0.2, 0.25) is 5.91 Å². The molecule has 3 rings (SSSR count). The molecule has 1 heterocycles. The number of unbranched alkanes of at least 4 members (excludes halogenated alkanes) is 2. The van der Waals surface area contributed by atoms with Crippen molar-refractivity contribution >= 4 is 38.4 Å². The maximum Gasteiger partial charge on any atom is 0.328 e. The van der Waals surface area contributed by atoms with Crippen LogP contribution in [0.2, 0.25) is 0 Å². The molecule has 7 heteroatoms. The second kappa shape index (κ2) is 8.81. The lowest BCUT2D eigenvalue weighted by molar-refractivity contribution is -0.116. The van der Waals surface area contributed by atoms with Crippen molar-refractivity contribution in [1.29, 1.82) is 0 Å². The van der Waals surface area contributed by atoms with Crippen molar-refractivity contribution in [3.63, 3.8) is 0 Å². The highest BCUT2D eigenvalue weighted by Crippen LogP contribution is 2.21. The number of aromatic amines is 1. The number of fused-ring (bicyclic) bond motifs is 1. The fourth-order valence-corrected chi connectivity index (χ4v) is 3.29. The Morgan fingerprint density at radius 1 is 1.00 bits per heavy atom. The predicted molar refractivity (Wildman–Crippen MR) is 110 cm³/mol. The Kier molecular flexibility index (Phi) is 6.24. The maximum atomic E-state index is 12.4. The van der Waals surface area contributed by atoms with Crippen molar-refractivity contribution in [3.05, 3.63) is 73.8 Å². The van der Waals surface area contributed by atoms with E-state index in [2.05, 4.69) is 26.2 Å². The summed E-state index contributed by atoms with van der Waals surface area (Å²) in [7, 11) is 0. The summed E-state index contributed by atoms with van der Waals surface area (Å²) in [4.78, 5) is 39.3. The molecule has 0 bridgehead atoms. The number of amides is 1. The largest absolute Gasteiger partial charge is 0.328 e. The Balaban J connectivity index is 1.50. The predicted octanol–water partition coefficient (Wildman–Crippen LogP) is 3.65. The van der Waals surface area contributed by atoms with Gasteiger partial charge >= 0.3 is 5.69 Å². The van der Waals surface area contributed by atoms with Crippen LogP contribution in [0.5, 0.6) is 0 Å². The van der Waals surface area contributed by atoms with E-state index in [4.69, 9.17) is 0 Å². The van der Waals surface area contributed by atoms with Crippen molar-refractivity contribution in [1.82, 2.24) is 9.55 Å². The zero-order valence-electron chi connectivity index (χ0n) is 14.7. The lowest BCUT2D eigenvalue weighted by Crippen LogP contribution is -2.35. The van der Waals surface area contributed by atoms with Crippen molar-refractivity contribution in [2.45, 2.75) is 32.2 Å². The van der Waals surface area contributed by atoms with E-state index >= 15 is 0 Å². The molecule has 0 spiro atoms. The molecule has 6 nitrogen and oxygen atoms in total. The summed E-state index contributed by atoms with van der Waals surface area (Å²) in [5.74, 6) is -0.0531. The summed E-state index contributed by atoms with van der Waals surface area (Å²) in [6.45, 7) is 0.338. The van der Waals surface area contributed by atoms with Crippen LogP contribution in [0.3, 0.4) is 0 Å². The number of nitrogens with one attached hydrogen (secondary N) is 2. The number of para-hydroxylation sites is 2. The Labute approximate surface area is 164 Å². The second-order valence-corrected chi connectivity index (χ2v) is 7.13. The molecule has 0 aliphatic rings. The molecule has 27 heavy (non-hydrogen) atoms. The highest BCUT2D eigenvalue weighted by Gasteiger charge is 2.08. The van der Waals surface area contributed by atoms with Gasteiger partial charge in [0.25, 0.3) is 5.56 Å². The van der Waals surface area contributed by atoms with E-state index in [1.54, 1.807) is 24.3 Å². The number of benzene rings is 2. The summed E-state index contributed by atoms with van der Waals surface area (Å²) in [6, 6.07) is 14.4. The molecule has 0 aliphatic heterocycles. The van der Waals surface area contributed by atoms with Gasteiger partial charge in [-0.25, -0.2) is 4.79 Å². The highest BCUT2D eigenvalue weighted by atomic mass is 79.9. The number of anilines is 1. The zero-order chi connectivity index (χ0) is 19.2. The minimum atomic E-state index is -0.398. The first-order valence-electron chi connectivity index (χ1n) is 8.82. The van der Waals surface area contributed by atoms with Crippen LogP contribution in [0.4, 0.5) is 5.69 Å². The van der Waals surface area contributed by atoms with Gasteiger partial charge in [-0.3, -0.25) is 14.2 Å². The summed E-state index contributed by atoms with van der Waals surface area (Å²) in [5, 5.41) is 3.37. The van der Waals surface area contributed by atoms with Crippen molar-refractivity contribution in [2.75, 3.05) is 5.32 Å². The van der Waals surface area contributed by atoms with Gasteiger partial charge in [0.05, 0.1) is 16.6 Å². The molecular weight excluding hydrogens is 410 g/mol. The minimum absolute atomic E-state index is 0.0531. The van der Waals surface area contributed by atoms with Crippen LogP contribution in [0.1, 0.15) is 25.7 Å². The average Bonchev–Trinajstić information content (AvgIpc) is 2.65. The summed E-state index contributed by atoms with van der Waals surface area (Å²) in [5.41, 5.74) is 0.621. The van der Waals surface area contributed by atoms with Crippen molar-refractivity contribution < 1.29 is 4.79 Å². The van der Waals surface area contributed by atoms with E-state index in [9.17, 15) is 14.4 Å². The van der Waals surface area contributed by atoms with E-state index in [1.165, 1.54) is 4.57 Å². The third-order valence-electron chi connectivity index (χ3n) is 4.32. The van der Waals surface area contributed by atoms with Crippen LogP contribution < -0.4 is 16.6 Å². The van der Waals surface area contributed by atoms with Crippen LogP contribution in [-0.4, -0.2) is 15.5 Å². The number of hydrogen-bond donors (Lipinski definition) is 2. The van der Waals surface area contributed by atoms with Gasteiger partial charge in [-0.1, -0.05) is 30.7 Å². The Morgan fingerprint density at radius 2 is 1.74 bits per heavy atom. The van der Waals surface area contributed by atoms with Crippen LogP contribution >= 0.6 is 15.9 Å². The van der Waals surface area contributed by atoms with E-state index in [0.29, 0.717) is 36.7 Å². The zero-order valence-corrected chi connectivity index (χ0v) is 16.3. The molecule has 0 fully saturated rings. The molecule has 0 saturated carbocycles. The van der Waals surface area contributed by atoms with Crippen LogP contribution in [0, 0.1) is 0 Å². The molecule has 0 radical (unpaired) electrons. The Hall–Kier alpha value is -2.67. The Morgan fingerprint density at radius 3 is 2.56 bits per heavy atom. The normalized spacial score (nSPS) is 10.9. The molecule has 1 amide bonds. The third-order valence-corrected chi connectivity index (χ3v) is 5.01. The summed E-state index contributed by atoms with van der Waals surface area (Å²) < 4.78 is 2.07. The number of nitrogens with zero attached hydrogens (tertiary/aromatic N) is 1. The van der Waals surface area contributed by atoms with Gasteiger partial charge in [-0.05, 0) is 53.0 Å². The number of hydrogen-bond acceptors (Lipinski definition) is 3. The second-order valence-electron chi connectivity index (χ2n) is 6.27. The lowest BCUT2D eigenvalue weighted by Gasteiger charge is -2.08. The molecule has 0 atom stereocenters. The average molecular weight is 430 g/mol. The van der Waals surface area contributed by atoms with Gasteiger partial charge in [0, 0.05) is 17.4 Å². The van der Waals surface area contributed by atoms with Crippen LogP contribution in [0.15, 0.2) is 62.6 Å². The smallest absolute Gasteiger partial charge is 0.325 e. The fourth-order valence-electron chi connectivity index (χ4n) is 2.91. The Bertz CT molecular complexity index is 1070. The van der Waals surface area contributed by atoms with E-state index in [-0.39, 0.29) is 11.5 Å². The minimum Gasteiger partial charge on any atom is -0.325 e. The first-order chi connectivity index (χ1) is 13.1. The standard InChI is InChI=1S/C20H20BrN3O3/c21-15-9-4-6-11-17(15)22-18(25)12-2-1-7-13-24-19(26)14-8-3-5-10-16(14)23-20(24)27/h3-6,8-11H,1-2,7,12-13H2,(H,22,25)(H,23,27).